The van der Waals surface area contributed by atoms with E-state index in [0.717, 1.165) is 7.11 Å². The number of methoxy groups -OCH3 is 1. The second-order valence-corrected chi connectivity index (χ2v) is 3.49. The van der Waals surface area contributed by atoms with E-state index in [-0.39, 0.29) is 11.0 Å². The van der Waals surface area contributed by atoms with Gasteiger partial charge in [0.15, 0.2) is 12.2 Å². The Labute approximate surface area is 113 Å². The van der Waals surface area contributed by atoms with Crippen LogP contribution < -0.4 is 0 Å². The van der Waals surface area contributed by atoms with Gasteiger partial charge in [0.05, 0.1) is 12.7 Å². The zero-order valence-corrected chi connectivity index (χ0v) is 10.5. The first-order valence-electron chi connectivity index (χ1n) is 5.22. The fraction of sp³-hybridized carbons (Fsp3) is 0.250. The lowest BCUT2D eigenvalue weighted by molar-refractivity contribution is -0.168. The maximum atomic E-state index is 11.5. The number of ether oxygens (including phenoxy) is 2. The van der Waals surface area contributed by atoms with Crippen molar-refractivity contribution in [1.82, 2.24) is 0 Å². The molecule has 20 heavy (non-hydrogen) atoms. The summed E-state index contributed by atoms with van der Waals surface area (Å²) in [6.45, 7) is 0. The van der Waals surface area contributed by atoms with Crippen LogP contribution in [0, 0.1) is 0 Å². The van der Waals surface area contributed by atoms with Gasteiger partial charge in [-0.05, 0) is 12.1 Å². The summed E-state index contributed by atoms with van der Waals surface area (Å²) in [5, 5.41) is 18.5. The monoisotopic (exact) mass is 286 g/mol. The Morgan fingerprint density at radius 3 is 2.00 bits per heavy atom. The first-order valence-corrected chi connectivity index (χ1v) is 5.22. The molecule has 0 spiro atoms. The molecule has 8 nitrogen and oxygen atoms in total. The molecule has 0 aliphatic carbocycles. The van der Waals surface area contributed by atoms with E-state index in [1.807, 2.05) is 0 Å². The lowest BCUT2D eigenvalue weighted by Gasteiger charge is -2.13. The Hall–Kier alpha value is -2.29. The molecule has 0 heterocycles. The molecule has 0 radical (unpaired) electrons. The van der Waals surface area contributed by atoms with Crippen molar-refractivity contribution in [2.75, 3.05) is 7.11 Å². The lowest BCUT2D eigenvalue weighted by atomic mass is 10.2. The Morgan fingerprint density at radius 2 is 1.50 bits per heavy atom. The molecular formula is C12H14O8. The van der Waals surface area contributed by atoms with Crippen molar-refractivity contribution in [2.45, 2.75) is 12.2 Å². The van der Waals surface area contributed by atoms with Crippen LogP contribution in [0.25, 0.3) is 0 Å². The van der Waals surface area contributed by atoms with Crippen LogP contribution in [0.3, 0.4) is 0 Å². The quantitative estimate of drug-likeness (QED) is 0.503. The fourth-order valence-corrected chi connectivity index (χ4v) is 1.16. The van der Waals surface area contributed by atoms with E-state index in [0.29, 0.717) is 0 Å². The molecular weight excluding hydrogens is 272 g/mol. The summed E-state index contributed by atoms with van der Waals surface area (Å²) in [5.74, 6) is -3.65. The van der Waals surface area contributed by atoms with E-state index in [1.54, 1.807) is 18.2 Å². The molecule has 0 saturated heterocycles. The van der Waals surface area contributed by atoms with Crippen LogP contribution in [0.1, 0.15) is 10.4 Å². The van der Waals surface area contributed by atoms with Gasteiger partial charge in [-0.3, -0.25) is 0 Å². The van der Waals surface area contributed by atoms with Crippen LogP contribution in [0.15, 0.2) is 30.3 Å². The number of aliphatic hydroxyl groups is 2. The number of esters is 3. The number of carbonyl (C=O) groups is 3. The first-order chi connectivity index (χ1) is 8.97. The molecule has 8 heteroatoms. The normalized spacial score (nSPS) is 12.6. The number of hydrogen-bond acceptors (Lipinski definition) is 7. The zero-order valence-electron chi connectivity index (χ0n) is 10.5. The molecule has 0 aliphatic heterocycles. The molecule has 0 bridgehead atoms. The largest absolute Gasteiger partial charge is 0.467 e. The van der Waals surface area contributed by atoms with Gasteiger partial charge in [0, 0.05) is 0 Å². The molecule has 1 rings (SSSR count). The second-order valence-electron chi connectivity index (χ2n) is 3.49. The van der Waals surface area contributed by atoms with Crippen molar-refractivity contribution in [3.05, 3.63) is 35.9 Å². The van der Waals surface area contributed by atoms with Crippen LogP contribution in [0.2, 0.25) is 0 Å². The smallest absolute Gasteiger partial charge is 0.346 e. The summed E-state index contributed by atoms with van der Waals surface area (Å²) in [6, 6.07) is 7.58. The minimum atomic E-state index is -2.19. The van der Waals surface area contributed by atoms with E-state index in [1.165, 1.54) is 12.1 Å². The van der Waals surface area contributed by atoms with Crippen molar-refractivity contribution >= 4 is 17.9 Å². The Kier molecular flexibility index (Phi) is 7.08. The van der Waals surface area contributed by atoms with Crippen molar-refractivity contribution in [2.24, 2.45) is 0 Å². The van der Waals surface area contributed by atoms with E-state index in [4.69, 9.17) is 0 Å². The number of hydrogen-bond donors (Lipinski definition) is 2. The van der Waals surface area contributed by atoms with Crippen molar-refractivity contribution in [1.29, 1.82) is 0 Å². The highest BCUT2D eigenvalue weighted by molar-refractivity contribution is 5.99. The average Bonchev–Trinajstić information content (AvgIpc) is 2.45. The van der Waals surface area contributed by atoms with E-state index >= 15 is 0 Å². The predicted molar refractivity (Wildman–Crippen MR) is 64.5 cm³/mol. The van der Waals surface area contributed by atoms with Gasteiger partial charge in [-0.2, -0.15) is 0 Å². The third-order valence-electron chi connectivity index (χ3n) is 2.19. The standard InChI is InChI=1S/C12H12O7.H2O/c1-18-11(16)8(13)9(14)12(17)19-10(15)7-5-3-2-4-6-7;/h2-6,8-9,13-14H,1H3;1H2. The SMILES string of the molecule is COC(=O)C(O)C(O)C(=O)OC(=O)c1ccccc1.O. The Balaban J connectivity index is 0.00000361. The van der Waals surface area contributed by atoms with Gasteiger partial charge in [-0.1, -0.05) is 18.2 Å². The molecule has 1 aromatic carbocycles. The average molecular weight is 286 g/mol. The predicted octanol–water partition coefficient (Wildman–Crippen LogP) is -1.56. The molecule has 0 saturated carbocycles. The zero-order chi connectivity index (χ0) is 14.4. The first kappa shape index (κ1) is 17.7. The third-order valence-corrected chi connectivity index (χ3v) is 2.19. The number of aliphatic hydroxyl groups excluding tert-OH is 2. The maximum absolute atomic E-state index is 11.5. The molecule has 2 atom stereocenters. The minimum Gasteiger partial charge on any atom is -0.467 e. The van der Waals surface area contributed by atoms with Gasteiger partial charge in [0.25, 0.3) is 0 Å². The molecule has 110 valence electrons. The van der Waals surface area contributed by atoms with Crippen LogP contribution >= 0.6 is 0 Å². The fourth-order valence-electron chi connectivity index (χ4n) is 1.16. The lowest BCUT2D eigenvalue weighted by Crippen LogP contribution is -2.42. The highest BCUT2D eigenvalue weighted by atomic mass is 16.6. The van der Waals surface area contributed by atoms with E-state index in [2.05, 4.69) is 9.47 Å². The summed E-state index contributed by atoms with van der Waals surface area (Å²) in [7, 11) is 0.971. The van der Waals surface area contributed by atoms with Gasteiger partial charge in [-0.15, -0.1) is 0 Å². The third kappa shape index (κ3) is 4.43. The van der Waals surface area contributed by atoms with Crippen LogP contribution in [0.5, 0.6) is 0 Å². The Bertz CT molecular complexity index is 470. The number of carbonyl (C=O) groups excluding carboxylic acids is 3. The summed E-state index contributed by atoms with van der Waals surface area (Å²) < 4.78 is 8.45. The summed E-state index contributed by atoms with van der Waals surface area (Å²) in [6.07, 6.45) is -4.30. The molecule has 2 unspecified atom stereocenters. The summed E-state index contributed by atoms with van der Waals surface area (Å²) in [5.41, 5.74) is 0.0932. The van der Waals surface area contributed by atoms with E-state index < -0.39 is 30.1 Å². The number of rotatable bonds is 4. The molecule has 4 N–H and O–H groups in total. The molecule has 1 aromatic rings. The highest BCUT2D eigenvalue weighted by Crippen LogP contribution is 2.05. The molecule has 0 aromatic heterocycles. The van der Waals surface area contributed by atoms with Gasteiger partial charge in [0.1, 0.15) is 0 Å². The van der Waals surface area contributed by atoms with Crippen molar-refractivity contribution in [3.8, 4) is 0 Å². The van der Waals surface area contributed by atoms with Crippen LogP contribution in [0.4, 0.5) is 0 Å². The molecule has 0 aliphatic rings. The summed E-state index contributed by atoms with van der Waals surface area (Å²) in [4.78, 5) is 33.7. The van der Waals surface area contributed by atoms with Crippen LogP contribution in [-0.2, 0) is 19.1 Å². The number of benzene rings is 1. The van der Waals surface area contributed by atoms with Crippen molar-refractivity contribution < 1.29 is 39.5 Å². The van der Waals surface area contributed by atoms with Gasteiger partial charge < -0.3 is 25.2 Å². The summed E-state index contributed by atoms with van der Waals surface area (Å²) >= 11 is 0. The topological polar surface area (TPSA) is 142 Å². The maximum Gasteiger partial charge on any atom is 0.346 e. The second kappa shape index (κ2) is 8.00. The van der Waals surface area contributed by atoms with Gasteiger partial charge >= 0.3 is 17.9 Å². The van der Waals surface area contributed by atoms with Crippen molar-refractivity contribution in [3.63, 3.8) is 0 Å². The van der Waals surface area contributed by atoms with Gasteiger partial charge in [-0.25, -0.2) is 14.4 Å². The highest BCUT2D eigenvalue weighted by Gasteiger charge is 2.33. The van der Waals surface area contributed by atoms with E-state index in [9.17, 15) is 24.6 Å². The van der Waals surface area contributed by atoms with Gasteiger partial charge in [0.2, 0.25) is 0 Å². The Morgan fingerprint density at radius 1 is 1.00 bits per heavy atom. The minimum absolute atomic E-state index is 0. The molecule has 0 amide bonds. The molecule has 0 fully saturated rings. The van der Waals surface area contributed by atoms with Crippen LogP contribution in [-0.4, -0.2) is 52.9 Å².